The second kappa shape index (κ2) is 3.76. The van der Waals surface area contributed by atoms with Crippen molar-refractivity contribution in [3.8, 4) is 0 Å². The summed E-state index contributed by atoms with van der Waals surface area (Å²) in [5.74, 6) is 1.61. The standard InChI is InChI=1S/C10H14O2/c1-2-7-12-10(5-1)9-4-3-6-11-8-9/h1-2,5,9H,3-4,6-8H2. The monoisotopic (exact) mass is 166 g/mol. The summed E-state index contributed by atoms with van der Waals surface area (Å²) >= 11 is 0. The maximum Gasteiger partial charge on any atom is 0.106 e. The van der Waals surface area contributed by atoms with E-state index in [4.69, 9.17) is 9.47 Å². The van der Waals surface area contributed by atoms with Crippen molar-refractivity contribution >= 4 is 0 Å². The molecule has 0 aliphatic carbocycles. The fourth-order valence-corrected chi connectivity index (χ4v) is 1.63. The van der Waals surface area contributed by atoms with Crippen LogP contribution in [-0.4, -0.2) is 19.8 Å². The zero-order valence-corrected chi connectivity index (χ0v) is 7.16. The van der Waals surface area contributed by atoms with E-state index in [1.54, 1.807) is 0 Å². The molecule has 1 fully saturated rings. The molecule has 1 saturated heterocycles. The average molecular weight is 166 g/mol. The molecule has 0 saturated carbocycles. The van der Waals surface area contributed by atoms with E-state index >= 15 is 0 Å². The number of rotatable bonds is 1. The third-order valence-corrected chi connectivity index (χ3v) is 2.31. The van der Waals surface area contributed by atoms with E-state index in [9.17, 15) is 0 Å². The second-order valence-corrected chi connectivity index (χ2v) is 3.22. The third-order valence-electron chi connectivity index (χ3n) is 2.31. The Balaban J connectivity index is 1.97. The molecular formula is C10H14O2. The molecule has 0 radical (unpaired) electrons. The molecule has 2 nitrogen and oxygen atoms in total. The van der Waals surface area contributed by atoms with Crippen molar-refractivity contribution < 1.29 is 9.47 Å². The molecule has 0 N–H and O–H groups in total. The first kappa shape index (κ1) is 7.87. The molecule has 2 rings (SSSR count). The van der Waals surface area contributed by atoms with Crippen molar-refractivity contribution in [3.63, 3.8) is 0 Å². The Labute approximate surface area is 72.9 Å². The smallest absolute Gasteiger partial charge is 0.106 e. The largest absolute Gasteiger partial charge is 0.493 e. The van der Waals surface area contributed by atoms with Crippen molar-refractivity contribution in [2.24, 2.45) is 5.92 Å². The Morgan fingerprint density at radius 1 is 1.42 bits per heavy atom. The Hall–Kier alpha value is -0.760. The average Bonchev–Trinajstić information content (AvgIpc) is 2.21. The van der Waals surface area contributed by atoms with E-state index in [2.05, 4.69) is 12.2 Å². The van der Waals surface area contributed by atoms with Crippen LogP contribution in [0.2, 0.25) is 0 Å². The van der Waals surface area contributed by atoms with Crippen molar-refractivity contribution in [3.05, 3.63) is 24.0 Å². The summed E-state index contributed by atoms with van der Waals surface area (Å²) < 4.78 is 10.9. The molecule has 2 heterocycles. The van der Waals surface area contributed by atoms with Gasteiger partial charge in [-0.1, -0.05) is 6.08 Å². The maximum atomic E-state index is 5.51. The Kier molecular flexibility index (Phi) is 2.47. The van der Waals surface area contributed by atoms with Gasteiger partial charge in [-0.15, -0.1) is 0 Å². The van der Waals surface area contributed by atoms with Crippen LogP contribution >= 0.6 is 0 Å². The predicted octanol–water partition coefficient (Wildman–Crippen LogP) is 1.88. The summed E-state index contributed by atoms with van der Waals surface area (Å²) in [6.45, 7) is 2.47. The topological polar surface area (TPSA) is 18.5 Å². The number of allylic oxidation sites excluding steroid dienone is 2. The van der Waals surface area contributed by atoms with Gasteiger partial charge in [0, 0.05) is 12.5 Å². The molecule has 0 bridgehead atoms. The van der Waals surface area contributed by atoms with Crippen molar-refractivity contribution in [2.45, 2.75) is 12.8 Å². The van der Waals surface area contributed by atoms with E-state index in [1.807, 2.05) is 6.08 Å². The van der Waals surface area contributed by atoms with Gasteiger partial charge < -0.3 is 9.47 Å². The van der Waals surface area contributed by atoms with Gasteiger partial charge in [-0.05, 0) is 25.0 Å². The Bertz CT molecular complexity index is 200. The molecule has 0 spiro atoms. The summed E-state index contributed by atoms with van der Waals surface area (Å²) in [6, 6.07) is 0. The molecule has 66 valence electrons. The predicted molar refractivity (Wildman–Crippen MR) is 46.7 cm³/mol. The fraction of sp³-hybridized carbons (Fsp3) is 0.600. The lowest BCUT2D eigenvalue weighted by Crippen LogP contribution is -2.21. The van der Waals surface area contributed by atoms with Crippen LogP contribution in [0.5, 0.6) is 0 Å². The molecule has 1 unspecified atom stereocenters. The lowest BCUT2D eigenvalue weighted by atomic mass is 9.99. The zero-order valence-electron chi connectivity index (χ0n) is 7.16. The molecule has 2 heteroatoms. The molecule has 0 aromatic carbocycles. The molecule has 0 aromatic rings. The molecule has 0 amide bonds. The highest BCUT2D eigenvalue weighted by Gasteiger charge is 2.19. The van der Waals surface area contributed by atoms with Crippen molar-refractivity contribution in [2.75, 3.05) is 19.8 Å². The number of ether oxygens (including phenoxy) is 2. The molecular weight excluding hydrogens is 152 g/mol. The highest BCUT2D eigenvalue weighted by atomic mass is 16.5. The van der Waals surface area contributed by atoms with Crippen LogP contribution in [0.3, 0.4) is 0 Å². The maximum absolute atomic E-state index is 5.51. The van der Waals surface area contributed by atoms with Crippen molar-refractivity contribution in [1.82, 2.24) is 0 Å². The molecule has 1 atom stereocenters. The Morgan fingerprint density at radius 3 is 3.08 bits per heavy atom. The van der Waals surface area contributed by atoms with Gasteiger partial charge in [0.05, 0.1) is 6.61 Å². The van der Waals surface area contributed by atoms with Gasteiger partial charge in [0.2, 0.25) is 0 Å². The number of hydrogen-bond acceptors (Lipinski definition) is 2. The lowest BCUT2D eigenvalue weighted by Gasteiger charge is -2.25. The quantitative estimate of drug-likeness (QED) is 0.592. The number of hydrogen-bond donors (Lipinski definition) is 0. The van der Waals surface area contributed by atoms with Gasteiger partial charge in [0.1, 0.15) is 12.4 Å². The molecule has 0 aromatic heterocycles. The normalized spacial score (nSPS) is 29.3. The van der Waals surface area contributed by atoms with Gasteiger partial charge in [-0.25, -0.2) is 0 Å². The van der Waals surface area contributed by atoms with Gasteiger partial charge in [0.25, 0.3) is 0 Å². The first-order chi connectivity index (χ1) is 5.97. The first-order valence-corrected chi connectivity index (χ1v) is 4.54. The van der Waals surface area contributed by atoms with Crippen LogP contribution in [0.15, 0.2) is 24.0 Å². The van der Waals surface area contributed by atoms with Gasteiger partial charge in [-0.3, -0.25) is 0 Å². The summed E-state index contributed by atoms with van der Waals surface area (Å²) in [5.41, 5.74) is 0. The van der Waals surface area contributed by atoms with Crippen LogP contribution in [0, 0.1) is 5.92 Å². The van der Waals surface area contributed by atoms with E-state index in [0.29, 0.717) is 5.92 Å². The summed E-state index contributed by atoms with van der Waals surface area (Å²) in [6.07, 6.45) is 8.51. The third kappa shape index (κ3) is 1.69. The fourth-order valence-electron chi connectivity index (χ4n) is 1.63. The molecule has 12 heavy (non-hydrogen) atoms. The van der Waals surface area contributed by atoms with Gasteiger partial charge in [-0.2, -0.15) is 0 Å². The van der Waals surface area contributed by atoms with Crippen LogP contribution in [-0.2, 0) is 9.47 Å². The molecule has 2 aliphatic heterocycles. The lowest BCUT2D eigenvalue weighted by molar-refractivity contribution is 0.0427. The van der Waals surface area contributed by atoms with Gasteiger partial charge >= 0.3 is 0 Å². The van der Waals surface area contributed by atoms with E-state index in [0.717, 1.165) is 32.0 Å². The minimum atomic E-state index is 0.503. The first-order valence-electron chi connectivity index (χ1n) is 4.54. The van der Waals surface area contributed by atoms with E-state index in [-0.39, 0.29) is 0 Å². The minimum absolute atomic E-state index is 0.503. The highest BCUT2D eigenvalue weighted by Crippen LogP contribution is 2.23. The highest BCUT2D eigenvalue weighted by molar-refractivity contribution is 5.14. The van der Waals surface area contributed by atoms with Crippen LogP contribution in [0.25, 0.3) is 0 Å². The Morgan fingerprint density at radius 2 is 2.42 bits per heavy atom. The summed E-state index contributed by atoms with van der Waals surface area (Å²) in [7, 11) is 0. The SMILES string of the molecule is C1=CCOC(C2CCCOC2)=C1. The van der Waals surface area contributed by atoms with Gasteiger partial charge in [0.15, 0.2) is 0 Å². The second-order valence-electron chi connectivity index (χ2n) is 3.22. The van der Waals surface area contributed by atoms with Crippen LogP contribution in [0.4, 0.5) is 0 Å². The van der Waals surface area contributed by atoms with Crippen LogP contribution in [0.1, 0.15) is 12.8 Å². The molecule has 2 aliphatic rings. The van der Waals surface area contributed by atoms with E-state index in [1.165, 1.54) is 6.42 Å². The summed E-state index contributed by atoms with van der Waals surface area (Å²) in [4.78, 5) is 0. The van der Waals surface area contributed by atoms with E-state index < -0.39 is 0 Å². The minimum Gasteiger partial charge on any atom is -0.493 e. The van der Waals surface area contributed by atoms with Crippen LogP contribution < -0.4 is 0 Å². The zero-order chi connectivity index (χ0) is 8.23. The summed E-state index contributed by atoms with van der Waals surface area (Å²) in [5, 5.41) is 0. The van der Waals surface area contributed by atoms with Crippen molar-refractivity contribution in [1.29, 1.82) is 0 Å².